The first-order valence-electron chi connectivity index (χ1n) is 5.42. The molecule has 0 aliphatic heterocycles. The number of hydrogen-bond acceptors (Lipinski definition) is 3. The summed E-state index contributed by atoms with van der Waals surface area (Å²) in [6.45, 7) is 1.81. The van der Waals surface area contributed by atoms with Crippen LogP contribution in [0.25, 0.3) is 0 Å². The van der Waals surface area contributed by atoms with Crippen molar-refractivity contribution >= 4 is 6.47 Å². The lowest BCUT2D eigenvalue weighted by Gasteiger charge is -2.02. The predicted octanol–water partition coefficient (Wildman–Crippen LogP) is 2.41. The topological polar surface area (TPSA) is 39.2 Å². The molecule has 0 saturated heterocycles. The van der Waals surface area contributed by atoms with E-state index in [4.69, 9.17) is 0 Å². The zero-order valence-corrected chi connectivity index (χ0v) is 9.12. The molecule has 0 fully saturated rings. The molecular weight excluding hydrogens is 209 g/mol. The van der Waals surface area contributed by atoms with Crippen LogP contribution in [0.2, 0.25) is 0 Å². The maximum Gasteiger partial charge on any atom is 0.417 e. The molecule has 0 amide bonds. The van der Waals surface area contributed by atoms with Gasteiger partial charge in [0.2, 0.25) is 0 Å². The molecule has 3 nitrogen and oxygen atoms in total. The Kier molecular flexibility index (Phi) is 6.15. The average molecular weight is 224 g/mol. The molecule has 0 aliphatic rings. The van der Waals surface area contributed by atoms with Gasteiger partial charge in [-0.1, -0.05) is 12.8 Å². The molecule has 0 aromatic carbocycles. The van der Waals surface area contributed by atoms with Gasteiger partial charge in [0.15, 0.2) is 0 Å². The number of unbranched alkanes of at least 4 members (excludes halogenated alkanes) is 3. The summed E-state index contributed by atoms with van der Waals surface area (Å²) in [5.41, 5.74) is 0.715. The number of pyridine rings is 1. The first-order chi connectivity index (χ1) is 7.84. The van der Waals surface area contributed by atoms with Gasteiger partial charge >= 0.3 is 6.47 Å². The van der Waals surface area contributed by atoms with Crippen LogP contribution in [0, 0.1) is 5.82 Å². The molecule has 0 bridgehead atoms. The molecule has 0 spiro atoms. The number of rotatable bonds is 8. The van der Waals surface area contributed by atoms with Crippen LogP contribution in [0.5, 0.6) is 0 Å². The standard InChI is InChI=1S/C12H15FNO2/c13-12-9-14-7-6-11(12)5-3-1-2-4-8-16-10-15/h6-7,9H,1-5,8H2. The smallest absolute Gasteiger partial charge is 0.417 e. The van der Waals surface area contributed by atoms with Crippen LogP contribution >= 0.6 is 0 Å². The Morgan fingerprint density at radius 2 is 2.12 bits per heavy atom. The van der Waals surface area contributed by atoms with E-state index < -0.39 is 0 Å². The average Bonchev–Trinajstić information content (AvgIpc) is 2.30. The van der Waals surface area contributed by atoms with Crippen molar-refractivity contribution in [2.75, 3.05) is 6.61 Å². The third-order valence-electron chi connectivity index (χ3n) is 2.36. The summed E-state index contributed by atoms with van der Waals surface area (Å²) in [6, 6.07) is 1.71. The number of nitrogens with zero attached hydrogens (tertiary/aromatic N) is 1. The van der Waals surface area contributed by atoms with Gasteiger partial charge in [-0.2, -0.15) is 0 Å². The van der Waals surface area contributed by atoms with Crippen LogP contribution in [0.4, 0.5) is 4.39 Å². The third kappa shape index (κ3) is 4.87. The summed E-state index contributed by atoms with van der Waals surface area (Å²) in [6.07, 6.45) is 7.34. The number of aromatic nitrogens is 1. The van der Waals surface area contributed by atoms with Gasteiger partial charge in [-0.15, -0.1) is 0 Å². The SMILES string of the molecule is O=[C]OCCCCCCc1ccncc1F. The van der Waals surface area contributed by atoms with Gasteiger partial charge in [0, 0.05) is 6.20 Å². The third-order valence-corrected chi connectivity index (χ3v) is 2.36. The molecule has 16 heavy (non-hydrogen) atoms. The van der Waals surface area contributed by atoms with Crippen molar-refractivity contribution in [3.8, 4) is 0 Å². The fourth-order valence-corrected chi connectivity index (χ4v) is 1.49. The highest BCUT2D eigenvalue weighted by molar-refractivity contribution is 5.37. The largest absolute Gasteiger partial charge is 0.457 e. The summed E-state index contributed by atoms with van der Waals surface area (Å²) in [5.74, 6) is -0.235. The molecule has 0 saturated carbocycles. The van der Waals surface area contributed by atoms with Gasteiger partial charge in [-0.3, -0.25) is 4.98 Å². The van der Waals surface area contributed by atoms with Gasteiger partial charge in [-0.25, -0.2) is 9.18 Å². The van der Waals surface area contributed by atoms with E-state index in [0.717, 1.165) is 32.1 Å². The Morgan fingerprint density at radius 3 is 2.88 bits per heavy atom. The summed E-state index contributed by atoms with van der Waals surface area (Å²) in [5, 5.41) is 0. The Labute approximate surface area is 94.6 Å². The number of ether oxygens (including phenoxy) is 1. The van der Waals surface area contributed by atoms with E-state index in [1.807, 2.05) is 0 Å². The van der Waals surface area contributed by atoms with E-state index >= 15 is 0 Å². The van der Waals surface area contributed by atoms with Crippen LogP contribution in [0.3, 0.4) is 0 Å². The molecule has 1 heterocycles. The van der Waals surface area contributed by atoms with E-state index in [2.05, 4.69) is 9.72 Å². The maximum absolute atomic E-state index is 13.1. The Balaban J connectivity index is 2.07. The van der Waals surface area contributed by atoms with Crippen LogP contribution < -0.4 is 0 Å². The minimum Gasteiger partial charge on any atom is -0.457 e. The zero-order valence-electron chi connectivity index (χ0n) is 9.12. The van der Waals surface area contributed by atoms with E-state index in [1.165, 1.54) is 12.7 Å². The Bertz CT molecular complexity index is 318. The first-order valence-corrected chi connectivity index (χ1v) is 5.42. The number of hydrogen-bond donors (Lipinski definition) is 0. The van der Waals surface area contributed by atoms with E-state index in [1.54, 1.807) is 12.3 Å². The molecule has 0 N–H and O–H groups in total. The molecule has 0 atom stereocenters. The molecule has 1 aromatic rings. The minimum absolute atomic E-state index is 0.235. The van der Waals surface area contributed by atoms with Gasteiger partial charge in [0.1, 0.15) is 5.82 Å². The van der Waals surface area contributed by atoms with Crippen molar-refractivity contribution in [3.63, 3.8) is 0 Å². The molecule has 0 aliphatic carbocycles. The molecule has 87 valence electrons. The molecular formula is C12H15FNO2. The summed E-state index contributed by atoms with van der Waals surface area (Å²) < 4.78 is 17.6. The van der Waals surface area contributed by atoms with Crippen molar-refractivity contribution < 1.29 is 13.9 Å². The minimum atomic E-state index is -0.235. The molecule has 1 aromatic heterocycles. The zero-order chi connectivity index (χ0) is 11.6. The predicted molar refractivity (Wildman–Crippen MR) is 58.0 cm³/mol. The van der Waals surface area contributed by atoms with Gasteiger partial charge in [0.05, 0.1) is 12.8 Å². The highest BCUT2D eigenvalue weighted by atomic mass is 19.1. The molecule has 1 radical (unpaired) electrons. The van der Waals surface area contributed by atoms with Crippen molar-refractivity contribution in [2.45, 2.75) is 32.1 Å². The number of halogens is 1. The van der Waals surface area contributed by atoms with Gasteiger partial charge < -0.3 is 4.74 Å². The maximum atomic E-state index is 13.1. The first kappa shape index (κ1) is 12.6. The quantitative estimate of drug-likeness (QED) is 0.636. The van der Waals surface area contributed by atoms with Crippen LogP contribution in [-0.4, -0.2) is 18.1 Å². The lowest BCUT2D eigenvalue weighted by molar-refractivity contribution is 0.269. The molecule has 4 heteroatoms. The number of carbonyl (C=O) groups excluding carboxylic acids is 1. The Hall–Kier alpha value is -1.45. The summed E-state index contributed by atoms with van der Waals surface area (Å²) >= 11 is 0. The van der Waals surface area contributed by atoms with Gasteiger partial charge in [-0.05, 0) is 30.9 Å². The van der Waals surface area contributed by atoms with Crippen LogP contribution in [-0.2, 0) is 16.0 Å². The second kappa shape index (κ2) is 7.79. The van der Waals surface area contributed by atoms with Crippen molar-refractivity contribution in [1.29, 1.82) is 0 Å². The van der Waals surface area contributed by atoms with Crippen LogP contribution in [0.1, 0.15) is 31.2 Å². The number of aryl methyl sites for hydroxylation is 1. The normalized spacial score (nSPS) is 10.1. The van der Waals surface area contributed by atoms with Crippen molar-refractivity contribution in [2.24, 2.45) is 0 Å². The van der Waals surface area contributed by atoms with E-state index in [9.17, 15) is 9.18 Å². The second-order valence-corrected chi connectivity index (χ2v) is 3.56. The fraction of sp³-hybridized carbons (Fsp3) is 0.500. The van der Waals surface area contributed by atoms with Gasteiger partial charge in [0.25, 0.3) is 0 Å². The van der Waals surface area contributed by atoms with Crippen molar-refractivity contribution in [3.05, 3.63) is 29.8 Å². The molecule has 1 rings (SSSR count). The Morgan fingerprint density at radius 1 is 1.31 bits per heavy atom. The monoisotopic (exact) mass is 224 g/mol. The van der Waals surface area contributed by atoms with Crippen molar-refractivity contribution in [1.82, 2.24) is 4.98 Å². The second-order valence-electron chi connectivity index (χ2n) is 3.56. The summed E-state index contributed by atoms with van der Waals surface area (Å²) in [7, 11) is 0. The molecule has 0 unspecified atom stereocenters. The lowest BCUT2D eigenvalue weighted by atomic mass is 10.1. The lowest BCUT2D eigenvalue weighted by Crippen LogP contribution is -1.94. The fourth-order valence-electron chi connectivity index (χ4n) is 1.49. The summed E-state index contributed by atoms with van der Waals surface area (Å²) in [4.78, 5) is 13.4. The van der Waals surface area contributed by atoms with Crippen LogP contribution in [0.15, 0.2) is 18.5 Å². The van der Waals surface area contributed by atoms with E-state index in [-0.39, 0.29) is 5.82 Å². The van der Waals surface area contributed by atoms with E-state index in [0.29, 0.717) is 12.2 Å². The highest BCUT2D eigenvalue weighted by Gasteiger charge is 2.00. The highest BCUT2D eigenvalue weighted by Crippen LogP contribution is 2.10.